The molecule has 0 atom stereocenters. The first-order valence-electron chi connectivity index (χ1n) is 10.8. The van der Waals surface area contributed by atoms with Crippen molar-refractivity contribution < 1.29 is 4.79 Å². The monoisotopic (exact) mass is 396 g/mol. The van der Waals surface area contributed by atoms with Gasteiger partial charge in [-0.2, -0.15) is 4.98 Å². The van der Waals surface area contributed by atoms with Gasteiger partial charge in [-0.25, -0.2) is 4.98 Å². The quantitative estimate of drug-likeness (QED) is 0.750. The van der Waals surface area contributed by atoms with Crippen molar-refractivity contribution in [2.75, 3.05) is 43.9 Å². The van der Waals surface area contributed by atoms with Gasteiger partial charge in [0, 0.05) is 57.6 Å². The molecule has 0 spiro atoms. The SMILES string of the molecule is CN(C)c1nc(N[C@H]2CC[C@@H](NCCN3CCCC3=O)CC2)nc2ccccc12. The Bertz CT molecular complexity index is 846. The predicted octanol–water partition coefficient (Wildman–Crippen LogP) is 2.63. The standard InChI is InChI=1S/C22H32N6O/c1-27(2)21-18-6-3-4-7-19(18)25-22(26-21)24-17-11-9-16(10-12-17)23-13-15-28-14-5-8-20(28)29/h3-4,6-7,16-17,23H,5,8-15H2,1-2H3,(H,24,25,26)/t16-,17+. The van der Waals surface area contributed by atoms with E-state index in [1.807, 2.05) is 42.1 Å². The topological polar surface area (TPSA) is 73.4 Å². The lowest BCUT2D eigenvalue weighted by Crippen LogP contribution is -2.41. The minimum Gasteiger partial charge on any atom is -0.362 e. The first-order chi connectivity index (χ1) is 14.1. The number of carbonyl (C=O) groups excluding carboxylic acids is 1. The molecule has 29 heavy (non-hydrogen) atoms. The molecule has 7 nitrogen and oxygen atoms in total. The summed E-state index contributed by atoms with van der Waals surface area (Å²) in [5.41, 5.74) is 0.973. The van der Waals surface area contributed by atoms with Gasteiger partial charge in [0.25, 0.3) is 0 Å². The maximum absolute atomic E-state index is 11.7. The Hall–Kier alpha value is -2.41. The van der Waals surface area contributed by atoms with Crippen molar-refractivity contribution in [3.8, 4) is 0 Å². The van der Waals surface area contributed by atoms with Gasteiger partial charge in [0.15, 0.2) is 0 Å². The lowest BCUT2D eigenvalue weighted by Gasteiger charge is -2.30. The Kier molecular flexibility index (Phi) is 6.13. The maximum Gasteiger partial charge on any atom is 0.225 e. The van der Waals surface area contributed by atoms with Crippen molar-refractivity contribution in [2.24, 2.45) is 0 Å². The molecule has 4 rings (SSSR count). The number of rotatable bonds is 7. The van der Waals surface area contributed by atoms with E-state index in [2.05, 4.69) is 16.7 Å². The molecule has 0 radical (unpaired) electrons. The largest absolute Gasteiger partial charge is 0.362 e. The van der Waals surface area contributed by atoms with E-state index in [-0.39, 0.29) is 0 Å². The number of nitrogens with one attached hydrogen (secondary N) is 2. The first-order valence-corrected chi connectivity index (χ1v) is 10.8. The molecular formula is C22H32N6O. The highest BCUT2D eigenvalue weighted by Gasteiger charge is 2.23. The maximum atomic E-state index is 11.7. The van der Waals surface area contributed by atoms with Crippen LogP contribution in [0.15, 0.2) is 24.3 Å². The van der Waals surface area contributed by atoms with E-state index in [1.54, 1.807) is 0 Å². The number of benzene rings is 1. The van der Waals surface area contributed by atoms with E-state index in [1.165, 1.54) is 0 Å². The second kappa shape index (κ2) is 8.95. The van der Waals surface area contributed by atoms with Gasteiger partial charge in [0.1, 0.15) is 5.82 Å². The average molecular weight is 397 g/mol. The fourth-order valence-electron chi connectivity index (χ4n) is 4.43. The van der Waals surface area contributed by atoms with Crippen LogP contribution in [0.4, 0.5) is 11.8 Å². The van der Waals surface area contributed by atoms with Gasteiger partial charge < -0.3 is 20.4 Å². The van der Waals surface area contributed by atoms with Crippen molar-refractivity contribution in [2.45, 2.75) is 50.6 Å². The Labute approximate surface area is 172 Å². The molecular weight excluding hydrogens is 364 g/mol. The molecule has 1 aliphatic carbocycles. The number of aromatic nitrogens is 2. The van der Waals surface area contributed by atoms with Gasteiger partial charge in [-0.15, -0.1) is 0 Å². The second-order valence-corrected chi connectivity index (χ2v) is 8.41. The minimum absolute atomic E-state index is 0.312. The van der Waals surface area contributed by atoms with Crippen molar-refractivity contribution >= 4 is 28.6 Å². The molecule has 156 valence electrons. The first kappa shape index (κ1) is 19.9. The Morgan fingerprint density at radius 1 is 1.10 bits per heavy atom. The summed E-state index contributed by atoms with van der Waals surface area (Å²) >= 11 is 0. The lowest BCUT2D eigenvalue weighted by molar-refractivity contribution is -0.127. The zero-order valence-electron chi connectivity index (χ0n) is 17.5. The summed E-state index contributed by atoms with van der Waals surface area (Å²) in [6, 6.07) is 9.11. The van der Waals surface area contributed by atoms with Gasteiger partial charge in [-0.3, -0.25) is 4.79 Å². The van der Waals surface area contributed by atoms with Crippen molar-refractivity contribution in [3.63, 3.8) is 0 Å². The third kappa shape index (κ3) is 4.78. The van der Waals surface area contributed by atoms with Crippen LogP contribution in [-0.2, 0) is 4.79 Å². The zero-order valence-corrected chi connectivity index (χ0v) is 17.5. The fraction of sp³-hybridized carbons (Fsp3) is 0.591. The molecule has 0 unspecified atom stereocenters. The highest BCUT2D eigenvalue weighted by Crippen LogP contribution is 2.26. The summed E-state index contributed by atoms with van der Waals surface area (Å²) in [6.45, 7) is 2.67. The van der Waals surface area contributed by atoms with Crippen LogP contribution in [0.1, 0.15) is 38.5 Å². The van der Waals surface area contributed by atoms with Crippen LogP contribution in [0.25, 0.3) is 10.9 Å². The molecule has 1 aromatic carbocycles. The van der Waals surface area contributed by atoms with Gasteiger partial charge >= 0.3 is 0 Å². The van der Waals surface area contributed by atoms with Gasteiger partial charge in [0.05, 0.1) is 5.52 Å². The number of hydrogen-bond acceptors (Lipinski definition) is 6. The molecule has 7 heteroatoms. The second-order valence-electron chi connectivity index (χ2n) is 8.41. The van der Waals surface area contributed by atoms with Crippen LogP contribution in [-0.4, -0.2) is 66.6 Å². The molecule has 1 amide bonds. The molecule has 1 saturated heterocycles. The zero-order chi connectivity index (χ0) is 20.2. The van der Waals surface area contributed by atoms with Crippen LogP contribution in [0.5, 0.6) is 0 Å². The number of anilines is 2. The van der Waals surface area contributed by atoms with E-state index >= 15 is 0 Å². The molecule has 2 aromatic rings. The number of nitrogens with zero attached hydrogens (tertiary/aromatic N) is 4. The van der Waals surface area contributed by atoms with Gasteiger partial charge in [0.2, 0.25) is 11.9 Å². The van der Waals surface area contributed by atoms with Crippen molar-refractivity contribution in [1.82, 2.24) is 20.2 Å². The molecule has 2 fully saturated rings. The summed E-state index contributed by atoms with van der Waals surface area (Å²) in [6.07, 6.45) is 6.23. The van der Waals surface area contributed by atoms with E-state index in [4.69, 9.17) is 9.97 Å². The van der Waals surface area contributed by atoms with Crippen LogP contribution in [0.2, 0.25) is 0 Å². The van der Waals surface area contributed by atoms with Gasteiger partial charge in [-0.05, 0) is 44.2 Å². The van der Waals surface area contributed by atoms with E-state index < -0.39 is 0 Å². The Balaban J connectivity index is 1.29. The number of carbonyl (C=O) groups is 1. The van der Waals surface area contributed by atoms with Crippen molar-refractivity contribution in [1.29, 1.82) is 0 Å². The number of amides is 1. The number of hydrogen-bond donors (Lipinski definition) is 2. The number of fused-ring (bicyclic) bond motifs is 1. The third-order valence-electron chi connectivity index (χ3n) is 6.05. The number of para-hydroxylation sites is 1. The highest BCUT2D eigenvalue weighted by molar-refractivity contribution is 5.90. The molecule has 1 aromatic heterocycles. The number of likely N-dealkylation sites (tertiary alicyclic amines) is 1. The lowest BCUT2D eigenvalue weighted by atomic mass is 9.91. The normalized spacial score (nSPS) is 22.3. The van der Waals surface area contributed by atoms with Crippen LogP contribution >= 0.6 is 0 Å². The van der Waals surface area contributed by atoms with E-state index in [0.29, 0.717) is 18.0 Å². The van der Waals surface area contributed by atoms with Gasteiger partial charge in [-0.1, -0.05) is 12.1 Å². The molecule has 2 heterocycles. The fourth-order valence-corrected chi connectivity index (χ4v) is 4.43. The molecule has 0 bridgehead atoms. The predicted molar refractivity (Wildman–Crippen MR) is 117 cm³/mol. The summed E-state index contributed by atoms with van der Waals surface area (Å²) < 4.78 is 0. The van der Waals surface area contributed by atoms with Crippen molar-refractivity contribution in [3.05, 3.63) is 24.3 Å². The Morgan fingerprint density at radius 2 is 1.86 bits per heavy atom. The van der Waals surface area contributed by atoms with Crippen LogP contribution in [0, 0.1) is 0 Å². The molecule has 2 aliphatic rings. The molecule has 1 saturated carbocycles. The summed E-state index contributed by atoms with van der Waals surface area (Å²) in [7, 11) is 4.04. The van der Waals surface area contributed by atoms with E-state index in [0.717, 1.165) is 80.8 Å². The smallest absolute Gasteiger partial charge is 0.225 e. The van der Waals surface area contributed by atoms with Crippen LogP contribution in [0.3, 0.4) is 0 Å². The summed E-state index contributed by atoms with van der Waals surface area (Å²) in [4.78, 5) is 25.2. The molecule has 2 N–H and O–H groups in total. The summed E-state index contributed by atoms with van der Waals surface area (Å²) in [5, 5.41) is 8.28. The highest BCUT2D eigenvalue weighted by atomic mass is 16.2. The average Bonchev–Trinajstić information content (AvgIpc) is 3.13. The summed E-state index contributed by atoms with van der Waals surface area (Å²) in [5.74, 6) is 1.98. The minimum atomic E-state index is 0.312. The van der Waals surface area contributed by atoms with E-state index in [9.17, 15) is 4.79 Å². The molecule has 1 aliphatic heterocycles. The Morgan fingerprint density at radius 3 is 2.59 bits per heavy atom. The third-order valence-corrected chi connectivity index (χ3v) is 6.05. The van der Waals surface area contributed by atoms with Crippen LogP contribution < -0.4 is 15.5 Å².